The van der Waals surface area contributed by atoms with Crippen LogP contribution in [0, 0.1) is 0 Å². The average molecular weight is 245 g/mol. The molecule has 0 saturated carbocycles. The van der Waals surface area contributed by atoms with Gasteiger partial charge in [-0.2, -0.15) is 0 Å². The second-order valence-corrected chi connectivity index (χ2v) is 5.00. The van der Waals surface area contributed by atoms with E-state index in [0.717, 1.165) is 30.6 Å². The number of benzene rings is 1. The van der Waals surface area contributed by atoms with E-state index in [1.54, 1.807) is 0 Å². The standard InChI is InChI=1S/C15H19NO2/c1-11(2)7-8-16-10-13-6-4-3-5-12(13)9-14(16)15(17)18/h3-6,14H,1,7-10H2,2H3,(H,17,18)/t14-/m0/s1. The van der Waals surface area contributed by atoms with Gasteiger partial charge in [0.1, 0.15) is 6.04 Å². The molecule has 3 heteroatoms. The van der Waals surface area contributed by atoms with Crippen molar-refractivity contribution < 1.29 is 9.90 Å². The van der Waals surface area contributed by atoms with Crippen LogP contribution in [0.3, 0.4) is 0 Å². The Bertz CT molecular complexity index is 467. The van der Waals surface area contributed by atoms with E-state index in [0.29, 0.717) is 6.42 Å². The van der Waals surface area contributed by atoms with Crippen LogP contribution in [-0.2, 0) is 17.8 Å². The zero-order valence-electron chi connectivity index (χ0n) is 10.7. The number of carboxylic acids is 1. The van der Waals surface area contributed by atoms with Crippen molar-refractivity contribution in [1.82, 2.24) is 4.90 Å². The predicted octanol–water partition coefficient (Wildman–Crippen LogP) is 2.46. The molecular weight excluding hydrogens is 226 g/mol. The van der Waals surface area contributed by atoms with Gasteiger partial charge in [0.15, 0.2) is 0 Å². The lowest BCUT2D eigenvalue weighted by Crippen LogP contribution is -2.45. The summed E-state index contributed by atoms with van der Waals surface area (Å²) in [7, 11) is 0. The van der Waals surface area contributed by atoms with E-state index in [4.69, 9.17) is 0 Å². The van der Waals surface area contributed by atoms with Gasteiger partial charge in [-0.3, -0.25) is 9.69 Å². The molecule has 0 amide bonds. The molecule has 3 nitrogen and oxygen atoms in total. The van der Waals surface area contributed by atoms with Crippen molar-refractivity contribution in [3.63, 3.8) is 0 Å². The number of carbonyl (C=O) groups is 1. The van der Waals surface area contributed by atoms with Crippen molar-refractivity contribution in [2.75, 3.05) is 6.54 Å². The van der Waals surface area contributed by atoms with Gasteiger partial charge in [0, 0.05) is 13.1 Å². The molecule has 0 spiro atoms. The third-order valence-corrected chi connectivity index (χ3v) is 3.46. The quantitative estimate of drug-likeness (QED) is 0.828. The third-order valence-electron chi connectivity index (χ3n) is 3.46. The number of carboxylic acid groups (broad SMARTS) is 1. The number of hydrogen-bond acceptors (Lipinski definition) is 2. The average Bonchev–Trinajstić information content (AvgIpc) is 2.35. The molecule has 0 saturated heterocycles. The Balaban J connectivity index is 2.17. The second-order valence-electron chi connectivity index (χ2n) is 5.00. The maximum absolute atomic E-state index is 11.4. The van der Waals surface area contributed by atoms with Gasteiger partial charge in [0.05, 0.1) is 0 Å². The molecule has 96 valence electrons. The van der Waals surface area contributed by atoms with Crippen LogP contribution in [0.2, 0.25) is 0 Å². The molecular formula is C15H19NO2. The highest BCUT2D eigenvalue weighted by Gasteiger charge is 2.30. The molecule has 2 rings (SSSR count). The van der Waals surface area contributed by atoms with Crippen LogP contribution in [0.4, 0.5) is 0 Å². The van der Waals surface area contributed by atoms with Gasteiger partial charge in [-0.05, 0) is 30.9 Å². The zero-order chi connectivity index (χ0) is 13.1. The fraction of sp³-hybridized carbons (Fsp3) is 0.400. The summed E-state index contributed by atoms with van der Waals surface area (Å²) in [6.07, 6.45) is 1.45. The van der Waals surface area contributed by atoms with E-state index in [1.165, 1.54) is 5.56 Å². The molecule has 0 bridgehead atoms. The summed E-state index contributed by atoms with van der Waals surface area (Å²) in [5, 5.41) is 9.34. The number of rotatable bonds is 4. The van der Waals surface area contributed by atoms with Crippen LogP contribution in [-0.4, -0.2) is 28.6 Å². The first-order valence-corrected chi connectivity index (χ1v) is 6.26. The molecule has 1 N–H and O–H groups in total. The normalized spacial score (nSPS) is 19.3. The van der Waals surface area contributed by atoms with Crippen molar-refractivity contribution in [3.8, 4) is 0 Å². The summed E-state index contributed by atoms with van der Waals surface area (Å²) in [5.41, 5.74) is 3.51. The number of hydrogen-bond donors (Lipinski definition) is 1. The van der Waals surface area contributed by atoms with Gasteiger partial charge in [-0.15, -0.1) is 6.58 Å². The Labute approximate surface area is 108 Å². The second kappa shape index (κ2) is 5.36. The molecule has 1 heterocycles. The van der Waals surface area contributed by atoms with Crippen molar-refractivity contribution in [2.24, 2.45) is 0 Å². The summed E-state index contributed by atoms with van der Waals surface area (Å²) < 4.78 is 0. The third kappa shape index (κ3) is 2.79. The Morgan fingerprint density at radius 2 is 2.11 bits per heavy atom. The highest BCUT2D eigenvalue weighted by atomic mass is 16.4. The van der Waals surface area contributed by atoms with Crippen LogP contribution in [0.1, 0.15) is 24.5 Å². The number of nitrogens with zero attached hydrogens (tertiary/aromatic N) is 1. The zero-order valence-corrected chi connectivity index (χ0v) is 10.7. The molecule has 0 aromatic heterocycles. The molecule has 0 fully saturated rings. The SMILES string of the molecule is C=C(C)CCN1Cc2ccccc2C[C@H]1C(=O)O. The van der Waals surface area contributed by atoms with Crippen molar-refractivity contribution >= 4 is 5.97 Å². The lowest BCUT2D eigenvalue weighted by atomic mass is 9.93. The molecule has 1 atom stereocenters. The van der Waals surface area contributed by atoms with Crippen LogP contribution >= 0.6 is 0 Å². The van der Waals surface area contributed by atoms with Gasteiger partial charge in [0.2, 0.25) is 0 Å². The number of aliphatic carboxylic acids is 1. The summed E-state index contributed by atoms with van der Waals surface area (Å²) in [6.45, 7) is 7.35. The van der Waals surface area contributed by atoms with E-state index < -0.39 is 12.0 Å². The minimum Gasteiger partial charge on any atom is -0.480 e. The van der Waals surface area contributed by atoms with E-state index in [2.05, 4.69) is 12.6 Å². The molecule has 0 radical (unpaired) electrons. The van der Waals surface area contributed by atoms with E-state index in [9.17, 15) is 9.90 Å². The summed E-state index contributed by atoms with van der Waals surface area (Å²) in [5.74, 6) is -0.730. The van der Waals surface area contributed by atoms with E-state index >= 15 is 0 Å². The highest BCUT2D eigenvalue weighted by molar-refractivity contribution is 5.74. The fourth-order valence-electron chi connectivity index (χ4n) is 2.39. The fourth-order valence-corrected chi connectivity index (χ4v) is 2.39. The van der Waals surface area contributed by atoms with Crippen molar-refractivity contribution in [1.29, 1.82) is 0 Å². The molecule has 1 aliphatic rings. The minimum absolute atomic E-state index is 0.403. The maximum Gasteiger partial charge on any atom is 0.321 e. The Kier molecular flexibility index (Phi) is 3.82. The Hall–Kier alpha value is -1.61. The lowest BCUT2D eigenvalue weighted by molar-refractivity contribution is -0.143. The maximum atomic E-state index is 11.4. The molecule has 1 aromatic carbocycles. The molecule has 0 aliphatic carbocycles. The van der Waals surface area contributed by atoms with Gasteiger partial charge < -0.3 is 5.11 Å². The molecule has 0 unspecified atom stereocenters. The molecule has 1 aromatic rings. The van der Waals surface area contributed by atoms with Crippen molar-refractivity contribution in [2.45, 2.75) is 32.4 Å². The van der Waals surface area contributed by atoms with Gasteiger partial charge in [-0.25, -0.2) is 0 Å². The van der Waals surface area contributed by atoms with Gasteiger partial charge in [0.25, 0.3) is 0 Å². The first kappa shape index (κ1) is 12.8. The monoisotopic (exact) mass is 245 g/mol. The summed E-state index contributed by atoms with van der Waals surface area (Å²) in [4.78, 5) is 13.4. The largest absolute Gasteiger partial charge is 0.480 e. The van der Waals surface area contributed by atoms with Gasteiger partial charge in [-0.1, -0.05) is 29.8 Å². The lowest BCUT2D eigenvalue weighted by Gasteiger charge is -2.34. The van der Waals surface area contributed by atoms with E-state index in [1.807, 2.05) is 30.0 Å². The number of fused-ring (bicyclic) bond motifs is 1. The first-order valence-electron chi connectivity index (χ1n) is 6.26. The highest BCUT2D eigenvalue weighted by Crippen LogP contribution is 2.23. The van der Waals surface area contributed by atoms with Crippen LogP contribution < -0.4 is 0 Å². The minimum atomic E-state index is -0.730. The van der Waals surface area contributed by atoms with Crippen molar-refractivity contribution in [3.05, 3.63) is 47.5 Å². The molecule has 18 heavy (non-hydrogen) atoms. The smallest absolute Gasteiger partial charge is 0.321 e. The first-order chi connectivity index (χ1) is 8.58. The Morgan fingerprint density at radius 3 is 2.72 bits per heavy atom. The predicted molar refractivity (Wildman–Crippen MR) is 71.4 cm³/mol. The summed E-state index contributed by atoms with van der Waals surface area (Å²) in [6, 6.07) is 7.69. The Morgan fingerprint density at radius 1 is 1.44 bits per heavy atom. The van der Waals surface area contributed by atoms with Crippen LogP contribution in [0.5, 0.6) is 0 Å². The van der Waals surface area contributed by atoms with Crippen LogP contribution in [0.25, 0.3) is 0 Å². The van der Waals surface area contributed by atoms with Gasteiger partial charge >= 0.3 is 5.97 Å². The summed E-state index contributed by atoms with van der Waals surface area (Å²) >= 11 is 0. The van der Waals surface area contributed by atoms with Crippen LogP contribution in [0.15, 0.2) is 36.4 Å². The molecule has 1 aliphatic heterocycles. The topological polar surface area (TPSA) is 40.5 Å². The van der Waals surface area contributed by atoms with E-state index in [-0.39, 0.29) is 0 Å².